The second kappa shape index (κ2) is 5.90. The molecule has 0 amide bonds. The number of hydrogen-bond donors (Lipinski definition) is 0. The molecule has 18 heavy (non-hydrogen) atoms. The Kier molecular flexibility index (Phi) is 4.47. The maximum atomic E-state index is 5.69. The molecule has 1 atom stereocenters. The number of ether oxygens (including phenoxy) is 1. The number of nitrogens with zero attached hydrogens (tertiary/aromatic N) is 1. The molecule has 98 valence electrons. The molecule has 0 N–H and O–H groups in total. The van der Waals surface area contributed by atoms with E-state index >= 15 is 0 Å². The summed E-state index contributed by atoms with van der Waals surface area (Å²) < 4.78 is 6.18. The van der Waals surface area contributed by atoms with Crippen LogP contribution in [0.15, 0.2) is 35.3 Å². The van der Waals surface area contributed by atoms with Crippen molar-refractivity contribution in [2.75, 3.05) is 6.61 Å². The van der Waals surface area contributed by atoms with E-state index in [-0.39, 0.29) is 0 Å². The van der Waals surface area contributed by atoms with Gasteiger partial charge in [-0.1, -0.05) is 0 Å². The molecule has 0 unspecified atom stereocenters. The monoisotopic (exact) mass is 311 g/mol. The minimum absolute atomic E-state index is 0.365. The quantitative estimate of drug-likeness (QED) is 0.779. The van der Waals surface area contributed by atoms with Crippen molar-refractivity contribution in [3.8, 4) is 0 Å². The summed E-state index contributed by atoms with van der Waals surface area (Å²) in [7, 11) is 0. The van der Waals surface area contributed by atoms with E-state index < -0.39 is 0 Å². The molecule has 0 bridgehead atoms. The van der Waals surface area contributed by atoms with Crippen molar-refractivity contribution < 1.29 is 4.74 Å². The fourth-order valence-electron chi connectivity index (χ4n) is 1.80. The topological polar surface area (TPSA) is 21.6 Å². The van der Waals surface area contributed by atoms with Crippen LogP contribution >= 0.6 is 0 Å². The van der Waals surface area contributed by atoms with E-state index in [4.69, 9.17) is 4.74 Å². The second-order valence-electron chi connectivity index (χ2n) is 5.51. The Bertz CT molecular complexity index is 408. The van der Waals surface area contributed by atoms with E-state index in [1.807, 2.05) is 18.2 Å². The molecule has 0 saturated heterocycles. The molecule has 1 aliphatic heterocycles. The maximum absolute atomic E-state index is 5.69. The Hall–Kier alpha value is -0.791. The SMILES string of the molecule is CC(C)(C)[Se]CC[C@H]1COC(c2ccccc2)=N1. The molecule has 0 fully saturated rings. The normalized spacial score (nSPS) is 19.5. The summed E-state index contributed by atoms with van der Waals surface area (Å²) in [6.45, 7) is 7.70. The van der Waals surface area contributed by atoms with Crippen molar-refractivity contribution >= 4 is 20.9 Å². The van der Waals surface area contributed by atoms with Gasteiger partial charge in [-0.3, -0.25) is 0 Å². The molecule has 0 aliphatic carbocycles. The summed E-state index contributed by atoms with van der Waals surface area (Å²) in [6.07, 6.45) is 1.16. The van der Waals surface area contributed by atoms with Crippen molar-refractivity contribution in [2.45, 2.75) is 42.9 Å². The van der Waals surface area contributed by atoms with Gasteiger partial charge in [0.25, 0.3) is 0 Å². The van der Waals surface area contributed by atoms with Gasteiger partial charge in [0.2, 0.25) is 0 Å². The van der Waals surface area contributed by atoms with Crippen LogP contribution in [-0.4, -0.2) is 33.5 Å². The summed E-state index contributed by atoms with van der Waals surface area (Å²) in [6, 6.07) is 10.5. The Morgan fingerprint density at radius 3 is 2.67 bits per heavy atom. The van der Waals surface area contributed by atoms with Gasteiger partial charge < -0.3 is 0 Å². The molecular formula is C15H21NOSe. The van der Waals surface area contributed by atoms with Crippen molar-refractivity contribution in [3.05, 3.63) is 35.9 Å². The van der Waals surface area contributed by atoms with E-state index in [9.17, 15) is 0 Å². The first kappa shape index (κ1) is 13.6. The zero-order valence-electron chi connectivity index (χ0n) is 11.3. The third-order valence-corrected chi connectivity index (χ3v) is 5.46. The minimum atomic E-state index is 0.365. The molecule has 1 aromatic rings. The first-order valence-corrected chi connectivity index (χ1v) is 8.51. The molecular weight excluding hydrogens is 289 g/mol. The molecule has 0 saturated carbocycles. The predicted molar refractivity (Wildman–Crippen MR) is 77.6 cm³/mol. The molecule has 0 spiro atoms. The van der Waals surface area contributed by atoms with Crippen LogP contribution in [0.4, 0.5) is 0 Å². The van der Waals surface area contributed by atoms with E-state index in [0.717, 1.165) is 24.5 Å². The molecule has 2 rings (SSSR count). The van der Waals surface area contributed by atoms with Crippen molar-refractivity contribution in [1.82, 2.24) is 0 Å². The van der Waals surface area contributed by atoms with Crippen LogP contribution in [0.2, 0.25) is 9.63 Å². The third kappa shape index (κ3) is 4.15. The molecule has 1 aliphatic rings. The van der Waals surface area contributed by atoms with Gasteiger partial charge in [0.05, 0.1) is 0 Å². The van der Waals surface area contributed by atoms with Gasteiger partial charge in [0, 0.05) is 0 Å². The Labute approximate surface area is 116 Å². The second-order valence-corrected chi connectivity index (χ2v) is 9.55. The van der Waals surface area contributed by atoms with Gasteiger partial charge in [0.1, 0.15) is 0 Å². The van der Waals surface area contributed by atoms with Crippen LogP contribution in [0, 0.1) is 0 Å². The predicted octanol–water partition coefficient (Wildman–Crippen LogP) is 3.56. The van der Waals surface area contributed by atoms with E-state index in [1.54, 1.807) is 0 Å². The van der Waals surface area contributed by atoms with Gasteiger partial charge >= 0.3 is 116 Å². The Balaban J connectivity index is 1.85. The summed E-state index contributed by atoms with van der Waals surface area (Å²) in [5.74, 6) is 0.823. The van der Waals surface area contributed by atoms with Crippen molar-refractivity contribution in [1.29, 1.82) is 0 Å². The van der Waals surface area contributed by atoms with Crippen LogP contribution in [0.1, 0.15) is 32.8 Å². The van der Waals surface area contributed by atoms with E-state index in [0.29, 0.717) is 25.3 Å². The van der Waals surface area contributed by atoms with Crippen LogP contribution in [0.5, 0.6) is 0 Å². The van der Waals surface area contributed by atoms with E-state index in [1.165, 1.54) is 5.32 Å². The summed E-state index contributed by atoms with van der Waals surface area (Å²) in [4.78, 5) is 4.68. The summed E-state index contributed by atoms with van der Waals surface area (Å²) in [5, 5.41) is 1.29. The van der Waals surface area contributed by atoms with E-state index in [2.05, 4.69) is 37.9 Å². The number of benzene rings is 1. The van der Waals surface area contributed by atoms with Gasteiger partial charge in [-0.2, -0.15) is 0 Å². The standard InChI is InChI=1S/C15H21NOSe/c1-15(2,3)18-10-9-13-11-17-14(16-13)12-7-5-4-6-8-12/h4-8,13H,9-11H2,1-3H3/t13-/m0/s1. The number of aliphatic imine (C=N–C) groups is 1. The van der Waals surface area contributed by atoms with Crippen LogP contribution < -0.4 is 0 Å². The fourth-order valence-corrected chi connectivity index (χ4v) is 3.91. The van der Waals surface area contributed by atoms with Gasteiger partial charge in [-0.25, -0.2) is 0 Å². The van der Waals surface area contributed by atoms with Gasteiger partial charge in [0.15, 0.2) is 0 Å². The average molecular weight is 310 g/mol. The third-order valence-electron chi connectivity index (χ3n) is 2.72. The fraction of sp³-hybridized carbons (Fsp3) is 0.533. The zero-order chi connectivity index (χ0) is 13.0. The summed E-state index contributed by atoms with van der Waals surface area (Å²) >= 11 is 0.692. The molecule has 2 nitrogen and oxygen atoms in total. The van der Waals surface area contributed by atoms with Crippen molar-refractivity contribution in [2.24, 2.45) is 4.99 Å². The first-order chi connectivity index (χ1) is 8.54. The van der Waals surface area contributed by atoms with Crippen LogP contribution in [0.25, 0.3) is 0 Å². The molecule has 3 heteroatoms. The average Bonchev–Trinajstić information content (AvgIpc) is 2.77. The Morgan fingerprint density at radius 2 is 2.00 bits per heavy atom. The van der Waals surface area contributed by atoms with Crippen LogP contribution in [-0.2, 0) is 4.74 Å². The Morgan fingerprint density at radius 1 is 1.28 bits per heavy atom. The first-order valence-electron chi connectivity index (χ1n) is 6.44. The van der Waals surface area contributed by atoms with Gasteiger partial charge in [-0.05, 0) is 0 Å². The van der Waals surface area contributed by atoms with Crippen LogP contribution in [0.3, 0.4) is 0 Å². The molecule has 1 heterocycles. The number of hydrogen-bond acceptors (Lipinski definition) is 2. The van der Waals surface area contributed by atoms with Crippen molar-refractivity contribution in [3.63, 3.8) is 0 Å². The zero-order valence-corrected chi connectivity index (χ0v) is 13.1. The molecule has 0 aromatic heterocycles. The summed E-state index contributed by atoms with van der Waals surface area (Å²) in [5.41, 5.74) is 1.10. The van der Waals surface area contributed by atoms with Gasteiger partial charge in [-0.15, -0.1) is 0 Å². The number of rotatable bonds is 4. The molecule has 0 radical (unpaired) electrons. The molecule has 1 aromatic carbocycles.